The molecule has 0 saturated heterocycles. The predicted octanol–water partition coefficient (Wildman–Crippen LogP) is 1.64. The number of benzene rings is 1. The lowest BCUT2D eigenvalue weighted by molar-refractivity contribution is 0.0705. The smallest absolute Gasteiger partial charge is 0.278 e. The van der Waals surface area contributed by atoms with Crippen LogP contribution in [0.3, 0.4) is 0 Å². The molecular formula is C16H18BrN4O4. The number of aliphatic hydroxyl groups excluding tert-OH is 1. The van der Waals surface area contributed by atoms with Gasteiger partial charge < -0.3 is 25.6 Å². The fraction of sp³-hybridized carbons (Fsp3) is 0.250. The van der Waals surface area contributed by atoms with Crippen molar-refractivity contribution in [2.45, 2.75) is 0 Å². The maximum atomic E-state index is 12.4. The van der Waals surface area contributed by atoms with E-state index in [4.69, 9.17) is 20.3 Å². The van der Waals surface area contributed by atoms with E-state index in [0.717, 1.165) is 0 Å². The summed E-state index contributed by atoms with van der Waals surface area (Å²) in [6.45, 7) is 4.62. The van der Waals surface area contributed by atoms with Crippen molar-refractivity contribution in [2.24, 2.45) is 0 Å². The van der Waals surface area contributed by atoms with Crippen LogP contribution in [0, 0.1) is 6.92 Å². The van der Waals surface area contributed by atoms with Gasteiger partial charge in [0.25, 0.3) is 5.91 Å². The van der Waals surface area contributed by atoms with Crippen LogP contribution in [0.5, 0.6) is 5.75 Å². The summed E-state index contributed by atoms with van der Waals surface area (Å²) in [6, 6.07) is 5.17. The molecule has 133 valence electrons. The summed E-state index contributed by atoms with van der Waals surface area (Å²) in [5, 5.41) is 11.4. The maximum absolute atomic E-state index is 12.4. The van der Waals surface area contributed by atoms with Gasteiger partial charge in [-0.3, -0.25) is 4.79 Å². The molecule has 2 rings (SSSR count). The van der Waals surface area contributed by atoms with Gasteiger partial charge in [0.1, 0.15) is 17.0 Å². The first-order chi connectivity index (χ1) is 12.0. The summed E-state index contributed by atoms with van der Waals surface area (Å²) < 4.78 is 11.2. The summed E-state index contributed by atoms with van der Waals surface area (Å²) >= 11 is 3.16. The van der Waals surface area contributed by atoms with E-state index in [1.54, 1.807) is 18.2 Å². The second-order valence-corrected chi connectivity index (χ2v) is 5.67. The van der Waals surface area contributed by atoms with Crippen LogP contribution in [-0.4, -0.2) is 47.4 Å². The van der Waals surface area contributed by atoms with Crippen LogP contribution >= 0.6 is 15.9 Å². The van der Waals surface area contributed by atoms with Crippen molar-refractivity contribution >= 4 is 33.3 Å². The summed E-state index contributed by atoms with van der Waals surface area (Å²) in [4.78, 5) is 20.3. The summed E-state index contributed by atoms with van der Waals surface area (Å²) in [7, 11) is 0. The number of nitrogens with two attached hydrogens (primary N) is 1. The number of hydrogen-bond donors (Lipinski definition) is 3. The molecule has 1 aromatic carbocycles. The highest BCUT2D eigenvalue weighted by Crippen LogP contribution is 2.29. The number of rotatable bonds is 8. The van der Waals surface area contributed by atoms with Gasteiger partial charge in [-0.1, -0.05) is 12.1 Å². The Morgan fingerprint density at radius 2 is 2.16 bits per heavy atom. The van der Waals surface area contributed by atoms with Gasteiger partial charge in [-0.05, 0) is 34.5 Å². The zero-order chi connectivity index (χ0) is 18.2. The first kappa shape index (κ1) is 19.1. The largest absolute Gasteiger partial charge is 0.489 e. The van der Waals surface area contributed by atoms with Crippen molar-refractivity contribution in [3.8, 4) is 5.75 Å². The van der Waals surface area contributed by atoms with E-state index in [1.807, 2.05) is 0 Å². The maximum Gasteiger partial charge on any atom is 0.278 e. The summed E-state index contributed by atoms with van der Waals surface area (Å²) in [5.74, 6) is -0.0744. The zero-order valence-corrected chi connectivity index (χ0v) is 15.0. The van der Waals surface area contributed by atoms with Crippen LogP contribution in [0.25, 0.3) is 0 Å². The molecular weight excluding hydrogens is 392 g/mol. The van der Waals surface area contributed by atoms with E-state index in [0.29, 0.717) is 28.2 Å². The van der Waals surface area contributed by atoms with Crippen molar-refractivity contribution in [1.82, 2.24) is 9.97 Å². The van der Waals surface area contributed by atoms with E-state index in [-0.39, 0.29) is 31.3 Å². The van der Waals surface area contributed by atoms with Crippen LogP contribution in [0.2, 0.25) is 0 Å². The number of nitrogens with zero attached hydrogens (tertiary/aromatic N) is 2. The van der Waals surface area contributed by atoms with Crippen LogP contribution < -0.4 is 15.8 Å². The van der Waals surface area contributed by atoms with Crippen molar-refractivity contribution in [3.05, 3.63) is 47.2 Å². The number of aromatic nitrogens is 2. The standard InChI is InChI=1S/C16H18BrN4O4/c1-10-3-2-4-11(14(10)25-8-7-24-6-5-22)20-16(23)13-15(18)19-9-12(17)21-13/h2-4,9,22H,1,5-8H2,(H2,18,19)(H,20,23). The van der Waals surface area contributed by atoms with Crippen LogP contribution in [0.15, 0.2) is 29.0 Å². The SMILES string of the molecule is [CH2]c1cccc(NC(=O)c2nc(Br)cnc2N)c1OCCOCCO. The number of carbonyl (C=O) groups excluding carboxylic acids is 1. The molecule has 8 nitrogen and oxygen atoms in total. The highest BCUT2D eigenvalue weighted by Gasteiger charge is 2.16. The number of anilines is 2. The van der Waals surface area contributed by atoms with E-state index >= 15 is 0 Å². The normalized spacial score (nSPS) is 10.5. The van der Waals surface area contributed by atoms with Crippen LogP contribution in [-0.2, 0) is 4.74 Å². The molecule has 0 bridgehead atoms. The molecule has 1 amide bonds. The minimum absolute atomic E-state index is 0.000990. The van der Waals surface area contributed by atoms with Crippen molar-refractivity contribution in [1.29, 1.82) is 0 Å². The van der Waals surface area contributed by atoms with Crippen LogP contribution in [0.1, 0.15) is 16.1 Å². The molecule has 9 heteroatoms. The number of hydrogen-bond acceptors (Lipinski definition) is 7. The van der Waals surface area contributed by atoms with Crippen molar-refractivity contribution < 1.29 is 19.4 Å². The van der Waals surface area contributed by atoms with Gasteiger partial charge in [-0.15, -0.1) is 0 Å². The summed E-state index contributed by atoms with van der Waals surface area (Å²) in [5.41, 5.74) is 6.74. The van der Waals surface area contributed by atoms with Gasteiger partial charge in [-0.2, -0.15) is 0 Å². The van der Waals surface area contributed by atoms with Gasteiger partial charge in [0, 0.05) is 0 Å². The number of ether oxygens (including phenoxy) is 2. The Morgan fingerprint density at radius 3 is 2.92 bits per heavy atom. The Bertz CT molecular complexity index is 742. The molecule has 0 spiro atoms. The highest BCUT2D eigenvalue weighted by atomic mass is 79.9. The quantitative estimate of drug-likeness (QED) is 0.566. The molecule has 0 atom stereocenters. The fourth-order valence-corrected chi connectivity index (χ4v) is 2.23. The van der Waals surface area contributed by atoms with Gasteiger partial charge in [0.15, 0.2) is 11.5 Å². The Balaban J connectivity index is 2.12. The average molecular weight is 410 g/mol. The highest BCUT2D eigenvalue weighted by molar-refractivity contribution is 9.10. The third kappa shape index (κ3) is 5.38. The Labute approximate surface area is 153 Å². The molecule has 25 heavy (non-hydrogen) atoms. The average Bonchev–Trinajstić information content (AvgIpc) is 2.59. The molecule has 1 heterocycles. The van der Waals surface area contributed by atoms with Gasteiger partial charge in [-0.25, -0.2) is 9.97 Å². The molecule has 0 unspecified atom stereocenters. The topological polar surface area (TPSA) is 120 Å². The number of nitrogen functional groups attached to an aromatic ring is 1. The lowest BCUT2D eigenvalue weighted by Gasteiger charge is -2.15. The number of amides is 1. The Morgan fingerprint density at radius 1 is 1.36 bits per heavy atom. The fourth-order valence-electron chi connectivity index (χ4n) is 1.95. The molecule has 0 aliphatic carbocycles. The van der Waals surface area contributed by atoms with Crippen molar-refractivity contribution in [2.75, 3.05) is 37.5 Å². The molecule has 0 aliphatic rings. The minimum atomic E-state index is -0.515. The number of carbonyl (C=O) groups is 1. The molecule has 2 aromatic rings. The first-order valence-corrected chi connectivity index (χ1v) is 8.18. The second-order valence-electron chi connectivity index (χ2n) is 4.86. The van der Waals surface area contributed by atoms with Gasteiger partial charge >= 0.3 is 0 Å². The number of aliphatic hydroxyl groups is 1. The predicted molar refractivity (Wildman–Crippen MR) is 96.4 cm³/mol. The van der Waals surface area contributed by atoms with Gasteiger partial charge in [0.2, 0.25) is 0 Å². The number of para-hydroxylation sites is 1. The lowest BCUT2D eigenvalue weighted by atomic mass is 10.2. The van der Waals surface area contributed by atoms with Crippen molar-refractivity contribution in [3.63, 3.8) is 0 Å². The molecule has 4 N–H and O–H groups in total. The zero-order valence-electron chi connectivity index (χ0n) is 13.4. The third-order valence-corrected chi connectivity index (χ3v) is 3.42. The molecule has 1 aromatic heterocycles. The Hall–Kier alpha value is -2.23. The molecule has 0 fully saturated rings. The molecule has 0 aliphatic heterocycles. The van der Waals surface area contributed by atoms with Gasteiger partial charge in [0.05, 0.1) is 31.7 Å². The van der Waals surface area contributed by atoms with Crippen LogP contribution in [0.4, 0.5) is 11.5 Å². The van der Waals surface area contributed by atoms with E-state index in [1.165, 1.54) is 6.20 Å². The third-order valence-electron chi connectivity index (χ3n) is 3.04. The number of nitrogens with one attached hydrogen (secondary N) is 1. The number of halogens is 1. The van der Waals surface area contributed by atoms with E-state index in [9.17, 15) is 4.79 Å². The lowest BCUT2D eigenvalue weighted by Crippen LogP contribution is -2.18. The second kappa shape index (κ2) is 9.30. The van der Waals surface area contributed by atoms with E-state index in [2.05, 4.69) is 38.1 Å². The molecule has 1 radical (unpaired) electrons. The monoisotopic (exact) mass is 409 g/mol. The Kier molecular flexibility index (Phi) is 7.11. The molecule has 0 saturated carbocycles. The minimum Gasteiger partial charge on any atom is -0.489 e. The first-order valence-electron chi connectivity index (χ1n) is 7.38. The van der Waals surface area contributed by atoms with E-state index < -0.39 is 5.91 Å². The summed E-state index contributed by atoms with van der Waals surface area (Å²) in [6.07, 6.45) is 1.41.